The van der Waals surface area contributed by atoms with Crippen LogP contribution in [0.15, 0.2) is 42.7 Å². The largest absolute Gasteiger partial charge is 0.382 e. The van der Waals surface area contributed by atoms with Crippen LogP contribution >= 0.6 is 0 Å². The van der Waals surface area contributed by atoms with Gasteiger partial charge in [-0.3, -0.25) is 0 Å². The van der Waals surface area contributed by atoms with Gasteiger partial charge >= 0.3 is 0 Å². The van der Waals surface area contributed by atoms with Crippen molar-refractivity contribution in [3.63, 3.8) is 0 Å². The Morgan fingerprint density at radius 2 is 1.84 bits per heavy atom. The molecule has 19 heavy (non-hydrogen) atoms. The molecule has 3 heteroatoms. The molecule has 1 fully saturated rings. The molecule has 0 atom stereocenters. The molecule has 1 heterocycles. The molecule has 1 aliphatic rings. The molecule has 0 amide bonds. The van der Waals surface area contributed by atoms with Gasteiger partial charge in [0.1, 0.15) is 0 Å². The third-order valence-electron chi connectivity index (χ3n) is 4.02. The summed E-state index contributed by atoms with van der Waals surface area (Å²) in [4.78, 5) is 0. The second-order valence-electron chi connectivity index (χ2n) is 5.60. The van der Waals surface area contributed by atoms with E-state index >= 15 is 0 Å². The molecule has 0 spiro atoms. The maximum atomic E-state index is 4.24. The van der Waals surface area contributed by atoms with E-state index < -0.39 is 0 Å². The molecule has 0 aliphatic heterocycles. The molecule has 0 saturated heterocycles. The average molecular weight is 255 g/mol. The maximum Gasteiger partial charge on any atom is 0.0647 e. The van der Waals surface area contributed by atoms with Crippen molar-refractivity contribution in [3.05, 3.63) is 42.7 Å². The molecular formula is C16H21N3. The second kappa shape index (κ2) is 5.47. The molecule has 0 bridgehead atoms. The Kier molecular flexibility index (Phi) is 3.53. The summed E-state index contributed by atoms with van der Waals surface area (Å²) in [5, 5.41) is 7.88. The Morgan fingerprint density at radius 3 is 2.47 bits per heavy atom. The molecule has 1 N–H and O–H groups in total. The van der Waals surface area contributed by atoms with E-state index in [1.54, 1.807) is 6.20 Å². The summed E-state index contributed by atoms with van der Waals surface area (Å²) in [6.07, 6.45) is 9.05. The number of nitrogens with one attached hydrogen (secondary N) is 1. The lowest BCUT2D eigenvalue weighted by Crippen LogP contribution is -2.25. The standard InChI is InChI=1S/C16H21N3/c1-13-3-5-14(6-4-13)18-15-7-9-16(10-8-15)19-12-2-11-17-19/h2,7-14,18H,3-6H2,1H3. The molecular weight excluding hydrogens is 234 g/mol. The summed E-state index contributed by atoms with van der Waals surface area (Å²) in [7, 11) is 0. The number of hydrogen-bond donors (Lipinski definition) is 1. The molecule has 2 aromatic rings. The van der Waals surface area contributed by atoms with Crippen LogP contribution in [0.5, 0.6) is 0 Å². The van der Waals surface area contributed by atoms with Crippen molar-refractivity contribution in [2.75, 3.05) is 5.32 Å². The van der Waals surface area contributed by atoms with Gasteiger partial charge in [-0.1, -0.05) is 6.92 Å². The number of aromatic nitrogens is 2. The van der Waals surface area contributed by atoms with Gasteiger partial charge in [0.2, 0.25) is 0 Å². The Labute approximate surface area is 114 Å². The third-order valence-corrected chi connectivity index (χ3v) is 4.02. The maximum absolute atomic E-state index is 4.24. The fourth-order valence-corrected chi connectivity index (χ4v) is 2.77. The quantitative estimate of drug-likeness (QED) is 0.902. The van der Waals surface area contributed by atoms with Gasteiger partial charge in [-0.2, -0.15) is 5.10 Å². The summed E-state index contributed by atoms with van der Waals surface area (Å²) in [6, 6.07) is 11.1. The molecule has 1 saturated carbocycles. The molecule has 3 nitrogen and oxygen atoms in total. The van der Waals surface area contributed by atoms with E-state index in [0.717, 1.165) is 11.6 Å². The summed E-state index contributed by atoms with van der Waals surface area (Å²) >= 11 is 0. The van der Waals surface area contributed by atoms with Crippen LogP contribution in [0.1, 0.15) is 32.6 Å². The molecule has 1 aromatic heterocycles. The molecule has 100 valence electrons. The Hall–Kier alpha value is -1.77. The first-order chi connectivity index (χ1) is 9.31. The van der Waals surface area contributed by atoms with Crippen LogP contribution < -0.4 is 5.32 Å². The first-order valence-corrected chi connectivity index (χ1v) is 7.18. The number of hydrogen-bond acceptors (Lipinski definition) is 2. The minimum absolute atomic E-state index is 0.645. The first-order valence-electron chi connectivity index (χ1n) is 7.18. The van der Waals surface area contributed by atoms with Crippen molar-refractivity contribution in [1.29, 1.82) is 0 Å². The van der Waals surface area contributed by atoms with E-state index in [9.17, 15) is 0 Å². The van der Waals surface area contributed by atoms with Crippen molar-refractivity contribution in [2.24, 2.45) is 5.92 Å². The van der Waals surface area contributed by atoms with Crippen molar-refractivity contribution >= 4 is 5.69 Å². The predicted octanol–water partition coefficient (Wildman–Crippen LogP) is 3.86. The van der Waals surface area contributed by atoms with Gasteiger partial charge in [0.25, 0.3) is 0 Å². The number of rotatable bonds is 3. The van der Waals surface area contributed by atoms with Crippen LogP contribution in [0.3, 0.4) is 0 Å². The van der Waals surface area contributed by atoms with E-state index in [1.807, 2.05) is 16.9 Å². The second-order valence-corrected chi connectivity index (χ2v) is 5.60. The van der Waals surface area contributed by atoms with E-state index in [-0.39, 0.29) is 0 Å². The smallest absolute Gasteiger partial charge is 0.0647 e. The number of anilines is 1. The Bertz CT molecular complexity index is 493. The Morgan fingerprint density at radius 1 is 1.11 bits per heavy atom. The van der Waals surface area contributed by atoms with E-state index in [2.05, 4.69) is 41.6 Å². The molecule has 3 rings (SSSR count). The Balaban J connectivity index is 1.63. The zero-order chi connectivity index (χ0) is 13.1. The van der Waals surface area contributed by atoms with Crippen LogP contribution in [-0.4, -0.2) is 15.8 Å². The lowest BCUT2D eigenvalue weighted by Gasteiger charge is -2.27. The topological polar surface area (TPSA) is 29.9 Å². The van der Waals surface area contributed by atoms with Crippen LogP contribution in [-0.2, 0) is 0 Å². The van der Waals surface area contributed by atoms with E-state index in [1.165, 1.54) is 31.4 Å². The van der Waals surface area contributed by atoms with Gasteiger partial charge in [0, 0.05) is 24.1 Å². The highest BCUT2D eigenvalue weighted by atomic mass is 15.3. The molecule has 0 radical (unpaired) electrons. The summed E-state index contributed by atoms with van der Waals surface area (Å²) in [5.41, 5.74) is 2.32. The fraction of sp³-hybridized carbons (Fsp3) is 0.438. The van der Waals surface area contributed by atoms with Gasteiger partial charge in [-0.15, -0.1) is 0 Å². The first kappa shape index (κ1) is 12.3. The predicted molar refractivity (Wildman–Crippen MR) is 78.6 cm³/mol. The monoisotopic (exact) mass is 255 g/mol. The molecule has 0 unspecified atom stereocenters. The van der Waals surface area contributed by atoms with Crippen molar-refractivity contribution < 1.29 is 0 Å². The molecule has 1 aromatic carbocycles. The van der Waals surface area contributed by atoms with Gasteiger partial charge in [-0.05, 0) is 61.9 Å². The van der Waals surface area contributed by atoms with Crippen molar-refractivity contribution in [2.45, 2.75) is 38.6 Å². The fourth-order valence-electron chi connectivity index (χ4n) is 2.77. The van der Waals surface area contributed by atoms with E-state index in [0.29, 0.717) is 6.04 Å². The van der Waals surface area contributed by atoms with Crippen LogP contribution in [0, 0.1) is 5.92 Å². The van der Waals surface area contributed by atoms with Crippen molar-refractivity contribution in [3.8, 4) is 5.69 Å². The normalized spacial score (nSPS) is 23.2. The number of nitrogens with zero attached hydrogens (tertiary/aromatic N) is 2. The van der Waals surface area contributed by atoms with Crippen LogP contribution in [0.25, 0.3) is 5.69 Å². The SMILES string of the molecule is CC1CCC(Nc2ccc(-n3cccn3)cc2)CC1. The minimum atomic E-state index is 0.645. The van der Waals surface area contributed by atoms with Crippen molar-refractivity contribution in [1.82, 2.24) is 9.78 Å². The van der Waals surface area contributed by atoms with Gasteiger partial charge < -0.3 is 5.32 Å². The summed E-state index contributed by atoms with van der Waals surface area (Å²) < 4.78 is 1.88. The lowest BCUT2D eigenvalue weighted by molar-refractivity contribution is 0.361. The minimum Gasteiger partial charge on any atom is -0.382 e. The zero-order valence-electron chi connectivity index (χ0n) is 11.4. The van der Waals surface area contributed by atoms with Crippen LogP contribution in [0.4, 0.5) is 5.69 Å². The van der Waals surface area contributed by atoms with Gasteiger partial charge in [0.05, 0.1) is 5.69 Å². The zero-order valence-corrected chi connectivity index (χ0v) is 11.4. The molecule has 1 aliphatic carbocycles. The highest BCUT2D eigenvalue weighted by Gasteiger charge is 2.17. The van der Waals surface area contributed by atoms with Crippen LogP contribution in [0.2, 0.25) is 0 Å². The van der Waals surface area contributed by atoms with Gasteiger partial charge in [-0.25, -0.2) is 4.68 Å². The highest BCUT2D eigenvalue weighted by molar-refractivity contribution is 5.49. The number of benzene rings is 1. The highest BCUT2D eigenvalue weighted by Crippen LogP contribution is 2.26. The average Bonchev–Trinajstić information content (AvgIpc) is 2.96. The van der Waals surface area contributed by atoms with E-state index in [4.69, 9.17) is 0 Å². The summed E-state index contributed by atoms with van der Waals surface area (Å²) in [6.45, 7) is 2.36. The third kappa shape index (κ3) is 2.98. The van der Waals surface area contributed by atoms with Gasteiger partial charge in [0.15, 0.2) is 0 Å². The lowest BCUT2D eigenvalue weighted by atomic mass is 9.87. The summed E-state index contributed by atoms with van der Waals surface area (Å²) in [5.74, 6) is 0.903.